The van der Waals surface area contributed by atoms with Crippen LogP contribution in [-0.2, 0) is 6.54 Å². The van der Waals surface area contributed by atoms with Crippen LogP contribution in [0.4, 0.5) is 0 Å². The lowest BCUT2D eigenvalue weighted by Gasteiger charge is -2.11. The molecule has 0 spiro atoms. The standard InChI is InChI=1S/C15H17N5OS/c1-21-12-6-4-11(5-7-12)14-18-20-13(16-17-15(20)22-14)10-19-8-2-3-9-19/h4-7H,2-3,8-10H2,1H3. The van der Waals surface area contributed by atoms with Crippen LogP contribution < -0.4 is 4.74 Å². The van der Waals surface area contributed by atoms with E-state index in [1.807, 2.05) is 28.8 Å². The van der Waals surface area contributed by atoms with Gasteiger partial charge in [-0.25, -0.2) is 0 Å². The van der Waals surface area contributed by atoms with Crippen molar-refractivity contribution in [2.24, 2.45) is 0 Å². The van der Waals surface area contributed by atoms with Crippen LogP contribution in [0.25, 0.3) is 15.5 Å². The van der Waals surface area contributed by atoms with Crippen molar-refractivity contribution < 1.29 is 4.74 Å². The van der Waals surface area contributed by atoms with Crippen molar-refractivity contribution in [1.82, 2.24) is 24.7 Å². The Labute approximate surface area is 132 Å². The number of ether oxygens (including phenoxy) is 1. The lowest BCUT2D eigenvalue weighted by molar-refractivity contribution is 0.319. The van der Waals surface area contributed by atoms with Crippen molar-refractivity contribution in [3.8, 4) is 16.3 Å². The molecule has 0 saturated carbocycles. The number of aromatic nitrogens is 4. The summed E-state index contributed by atoms with van der Waals surface area (Å²) in [5, 5.41) is 14.2. The molecule has 3 heterocycles. The second-order valence-electron chi connectivity index (χ2n) is 5.43. The van der Waals surface area contributed by atoms with Crippen molar-refractivity contribution in [2.75, 3.05) is 20.2 Å². The predicted octanol–water partition coefficient (Wildman–Crippen LogP) is 2.46. The van der Waals surface area contributed by atoms with Gasteiger partial charge in [0.25, 0.3) is 0 Å². The molecule has 114 valence electrons. The van der Waals surface area contributed by atoms with Crippen LogP contribution in [0.3, 0.4) is 0 Å². The van der Waals surface area contributed by atoms with Crippen molar-refractivity contribution in [2.45, 2.75) is 19.4 Å². The second kappa shape index (κ2) is 5.66. The molecule has 1 fully saturated rings. The Balaban J connectivity index is 1.63. The molecular weight excluding hydrogens is 298 g/mol. The summed E-state index contributed by atoms with van der Waals surface area (Å²) in [7, 11) is 1.67. The number of methoxy groups -OCH3 is 1. The van der Waals surface area contributed by atoms with Gasteiger partial charge in [-0.3, -0.25) is 4.90 Å². The molecule has 0 bridgehead atoms. The molecule has 0 unspecified atom stereocenters. The molecule has 2 aromatic heterocycles. The number of likely N-dealkylation sites (tertiary alicyclic amines) is 1. The third kappa shape index (κ3) is 2.46. The fourth-order valence-corrected chi connectivity index (χ4v) is 3.61. The first-order chi connectivity index (χ1) is 10.8. The number of nitrogens with zero attached hydrogens (tertiary/aromatic N) is 5. The molecule has 0 radical (unpaired) electrons. The predicted molar refractivity (Wildman–Crippen MR) is 85.2 cm³/mol. The Morgan fingerprint density at radius 3 is 2.64 bits per heavy atom. The summed E-state index contributed by atoms with van der Waals surface area (Å²) >= 11 is 1.56. The molecule has 0 N–H and O–H groups in total. The number of fused-ring (bicyclic) bond motifs is 1. The topological polar surface area (TPSA) is 55.6 Å². The Morgan fingerprint density at radius 2 is 1.91 bits per heavy atom. The van der Waals surface area contributed by atoms with Gasteiger partial charge in [0.15, 0.2) is 5.82 Å². The molecule has 1 aliphatic rings. The molecule has 4 rings (SSSR count). The summed E-state index contributed by atoms with van der Waals surface area (Å²) in [5.74, 6) is 1.77. The van der Waals surface area contributed by atoms with E-state index in [-0.39, 0.29) is 0 Å². The summed E-state index contributed by atoms with van der Waals surface area (Å²) in [6.45, 7) is 3.11. The molecule has 0 amide bonds. The zero-order chi connectivity index (χ0) is 14.9. The fraction of sp³-hybridized carbons (Fsp3) is 0.400. The molecule has 1 aliphatic heterocycles. The highest BCUT2D eigenvalue weighted by Gasteiger charge is 2.18. The van der Waals surface area contributed by atoms with E-state index < -0.39 is 0 Å². The quantitative estimate of drug-likeness (QED) is 0.740. The summed E-state index contributed by atoms with van der Waals surface area (Å²) in [5.41, 5.74) is 1.07. The Morgan fingerprint density at radius 1 is 1.14 bits per heavy atom. The third-order valence-corrected chi connectivity index (χ3v) is 4.90. The van der Waals surface area contributed by atoms with Gasteiger partial charge in [0.05, 0.1) is 13.7 Å². The Kier molecular flexibility index (Phi) is 3.51. The van der Waals surface area contributed by atoms with Crippen molar-refractivity contribution in [3.05, 3.63) is 30.1 Å². The molecule has 7 heteroatoms. The highest BCUT2D eigenvalue weighted by Crippen LogP contribution is 2.27. The normalized spacial score (nSPS) is 15.7. The van der Waals surface area contributed by atoms with E-state index in [2.05, 4.69) is 20.2 Å². The zero-order valence-corrected chi connectivity index (χ0v) is 13.2. The highest BCUT2D eigenvalue weighted by molar-refractivity contribution is 7.19. The summed E-state index contributed by atoms with van der Waals surface area (Å²) in [6, 6.07) is 7.93. The van der Waals surface area contributed by atoms with Crippen LogP contribution >= 0.6 is 11.3 Å². The van der Waals surface area contributed by atoms with E-state index in [1.165, 1.54) is 12.8 Å². The lowest BCUT2D eigenvalue weighted by atomic mass is 10.2. The van der Waals surface area contributed by atoms with Gasteiger partial charge in [0.2, 0.25) is 4.96 Å². The van der Waals surface area contributed by atoms with Gasteiger partial charge in [0, 0.05) is 5.56 Å². The summed E-state index contributed by atoms with van der Waals surface area (Å²) < 4.78 is 7.07. The van der Waals surface area contributed by atoms with E-state index in [1.54, 1.807) is 18.4 Å². The first kappa shape index (κ1) is 13.7. The van der Waals surface area contributed by atoms with E-state index in [9.17, 15) is 0 Å². The van der Waals surface area contributed by atoms with Gasteiger partial charge >= 0.3 is 0 Å². The minimum absolute atomic E-state index is 0.826. The number of rotatable bonds is 4. The van der Waals surface area contributed by atoms with Gasteiger partial charge in [0.1, 0.15) is 10.8 Å². The molecule has 1 aromatic carbocycles. The molecule has 0 atom stereocenters. The lowest BCUT2D eigenvalue weighted by Crippen LogP contribution is -2.20. The van der Waals surface area contributed by atoms with Gasteiger partial charge in [-0.15, -0.1) is 10.2 Å². The van der Waals surface area contributed by atoms with E-state index in [4.69, 9.17) is 4.74 Å². The molecule has 6 nitrogen and oxygen atoms in total. The van der Waals surface area contributed by atoms with Crippen LogP contribution in [-0.4, -0.2) is 44.9 Å². The summed E-state index contributed by atoms with van der Waals surface area (Å²) in [6.07, 6.45) is 2.55. The van der Waals surface area contributed by atoms with Crippen LogP contribution in [0.1, 0.15) is 18.7 Å². The molecule has 0 aliphatic carbocycles. The van der Waals surface area contributed by atoms with Gasteiger partial charge < -0.3 is 4.74 Å². The molecule has 3 aromatic rings. The zero-order valence-electron chi connectivity index (χ0n) is 12.4. The van der Waals surface area contributed by atoms with Gasteiger partial charge in [-0.05, 0) is 50.2 Å². The van der Waals surface area contributed by atoms with Crippen molar-refractivity contribution >= 4 is 16.3 Å². The van der Waals surface area contributed by atoms with Crippen LogP contribution in [0.2, 0.25) is 0 Å². The van der Waals surface area contributed by atoms with Crippen molar-refractivity contribution in [1.29, 1.82) is 0 Å². The first-order valence-corrected chi connectivity index (χ1v) is 8.23. The van der Waals surface area contributed by atoms with E-state index >= 15 is 0 Å². The maximum Gasteiger partial charge on any atom is 0.235 e. The average Bonchev–Trinajstić information content (AvgIpc) is 3.26. The van der Waals surface area contributed by atoms with Gasteiger partial charge in [-0.2, -0.15) is 9.61 Å². The monoisotopic (exact) mass is 315 g/mol. The first-order valence-electron chi connectivity index (χ1n) is 7.41. The average molecular weight is 315 g/mol. The largest absolute Gasteiger partial charge is 0.497 e. The molecule has 22 heavy (non-hydrogen) atoms. The van der Waals surface area contributed by atoms with Crippen LogP contribution in [0, 0.1) is 0 Å². The van der Waals surface area contributed by atoms with Gasteiger partial charge in [-0.1, -0.05) is 11.3 Å². The summed E-state index contributed by atoms with van der Waals surface area (Å²) in [4.78, 5) is 3.25. The number of hydrogen-bond donors (Lipinski definition) is 0. The third-order valence-electron chi connectivity index (χ3n) is 3.96. The highest BCUT2D eigenvalue weighted by atomic mass is 32.1. The van der Waals surface area contributed by atoms with Crippen LogP contribution in [0.5, 0.6) is 5.75 Å². The molecular formula is C15H17N5OS. The smallest absolute Gasteiger partial charge is 0.235 e. The Hall–Kier alpha value is -1.99. The fourth-order valence-electron chi connectivity index (χ4n) is 2.75. The molecule has 1 saturated heterocycles. The maximum atomic E-state index is 5.19. The van der Waals surface area contributed by atoms with E-state index in [0.717, 1.165) is 46.7 Å². The van der Waals surface area contributed by atoms with Crippen LogP contribution in [0.15, 0.2) is 24.3 Å². The maximum absolute atomic E-state index is 5.19. The minimum atomic E-state index is 0.826. The minimum Gasteiger partial charge on any atom is -0.497 e. The number of hydrogen-bond acceptors (Lipinski definition) is 6. The van der Waals surface area contributed by atoms with E-state index in [0.29, 0.717) is 0 Å². The number of benzene rings is 1. The second-order valence-corrected chi connectivity index (χ2v) is 6.39. The SMILES string of the molecule is COc1ccc(-c2nn3c(CN4CCCC4)nnc3s2)cc1. The van der Waals surface area contributed by atoms with Crippen molar-refractivity contribution in [3.63, 3.8) is 0 Å². The Bertz CT molecular complexity index is 773.